The molecule has 40 heavy (non-hydrogen) atoms. The quantitative estimate of drug-likeness (QED) is 0.370. The van der Waals surface area contributed by atoms with E-state index in [-0.39, 0.29) is 36.1 Å². The molecule has 11 heteroatoms. The number of aryl methyl sites for hydroxylation is 1. The molecule has 2 aromatic rings. The highest BCUT2D eigenvalue weighted by molar-refractivity contribution is 6.01. The summed E-state index contributed by atoms with van der Waals surface area (Å²) in [5.74, 6) is -0.456. The van der Waals surface area contributed by atoms with Gasteiger partial charge in [-0.25, -0.2) is 0 Å². The van der Waals surface area contributed by atoms with Crippen LogP contribution in [-0.2, 0) is 16.0 Å². The Labute approximate surface area is 231 Å². The van der Waals surface area contributed by atoms with Gasteiger partial charge in [0.25, 0.3) is 5.91 Å². The molecule has 2 saturated carbocycles. The van der Waals surface area contributed by atoms with E-state index in [0.717, 1.165) is 36.8 Å². The van der Waals surface area contributed by atoms with Gasteiger partial charge in [-0.05, 0) is 105 Å². The zero-order chi connectivity index (χ0) is 28.6. The van der Waals surface area contributed by atoms with Crippen molar-refractivity contribution in [2.75, 3.05) is 11.9 Å². The zero-order valence-corrected chi connectivity index (χ0v) is 22.8. The van der Waals surface area contributed by atoms with E-state index in [1.165, 1.54) is 0 Å². The van der Waals surface area contributed by atoms with Crippen molar-refractivity contribution in [3.8, 4) is 0 Å². The molecular weight excluding hydrogens is 523 g/mol. The van der Waals surface area contributed by atoms with Crippen molar-refractivity contribution in [1.82, 2.24) is 20.4 Å². The SMILES string of the molecule is CC(C)n1nccc1C(=O)N[C@H](C(=O)Nc1ccc2c(c1)CCC2CC(=O)NCC(F)(F)F)C(C1CC1)C1CC1. The summed E-state index contributed by atoms with van der Waals surface area (Å²) in [6.07, 6.45) is 2.68. The molecule has 3 aliphatic carbocycles. The number of alkyl halides is 3. The Balaban J connectivity index is 1.28. The van der Waals surface area contributed by atoms with Crippen molar-refractivity contribution >= 4 is 23.4 Å². The first-order valence-electron chi connectivity index (χ1n) is 14.1. The van der Waals surface area contributed by atoms with E-state index in [0.29, 0.717) is 36.1 Å². The van der Waals surface area contributed by atoms with Crippen LogP contribution in [0.4, 0.5) is 18.9 Å². The average Bonchev–Trinajstić information content (AvgIpc) is 3.82. The summed E-state index contributed by atoms with van der Waals surface area (Å²) in [7, 11) is 0. The van der Waals surface area contributed by atoms with Crippen molar-refractivity contribution in [1.29, 1.82) is 0 Å². The maximum absolute atomic E-state index is 13.7. The van der Waals surface area contributed by atoms with Gasteiger partial charge in [0.2, 0.25) is 11.8 Å². The van der Waals surface area contributed by atoms with Crippen LogP contribution in [0.15, 0.2) is 30.5 Å². The van der Waals surface area contributed by atoms with Crippen LogP contribution in [0.2, 0.25) is 0 Å². The van der Waals surface area contributed by atoms with E-state index < -0.39 is 24.7 Å². The van der Waals surface area contributed by atoms with Crippen LogP contribution in [0.1, 0.15) is 85.9 Å². The minimum absolute atomic E-state index is 0.00311. The molecule has 0 aliphatic heterocycles. The number of hydrogen-bond donors (Lipinski definition) is 3. The second-order valence-electron chi connectivity index (χ2n) is 11.7. The number of carbonyl (C=O) groups excluding carboxylic acids is 3. The highest BCUT2D eigenvalue weighted by Gasteiger charge is 2.48. The van der Waals surface area contributed by atoms with E-state index in [4.69, 9.17) is 0 Å². The molecule has 8 nitrogen and oxygen atoms in total. The minimum Gasteiger partial charge on any atom is -0.347 e. The molecule has 0 spiro atoms. The molecule has 2 fully saturated rings. The number of halogens is 3. The number of fused-ring (bicyclic) bond motifs is 1. The molecule has 1 aromatic carbocycles. The predicted octanol–water partition coefficient (Wildman–Crippen LogP) is 4.74. The maximum atomic E-state index is 13.7. The summed E-state index contributed by atoms with van der Waals surface area (Å²) < 4.78 is 38.9. The van der Waals surface area contributed by atoms with Crippen molar-refractivity contribution in [2.24, 2.45) is 17.8 Å². The van der Waals surface area contributed by atoms with Gasteiger partial charge in [0.1, 0.15) is 18.3 Å². The number of anilines is 1. The lowest BCUT2D eigenvalue weighted by molar-refractivity contribution is -0.138. The first-order valence-corrected chi connectivity index (χ1v) is 14.1. The minimum atomic E-state index is -4.44. The summed E-state index contributed by atoms with van der Waals surface area (Å²) in [6, 6.07) is 6.45. The first-order chi connectivity index (χ1) is 19.0. The number of amides is 3. The van der Waals surface area contributed by atoms with Gasteiger partial charge in [-0.1, -0.05) is 6.07 Å². The topological polar surface area (TPSA) is 105 Å². The fourth-order valence-corrected chi connectivity index (χ4v) is 6.06. The number of aromatic nitrogens is 2. The van der Waals surface area contributed by atoms with Gasteiger partial charge < -0.3 is 16.0 Å². The Bertz CT molecular complexity index is 1250. The molecule has 1 unspecified atom stereocenters. The number of rotatable bonds is 11. The summed E-state index contributed by atoms with van der Waals surface area (Å²) in [6.45, 7) is 2.55. The Morgan fingerprint density at radius 2 is 1.75 bits per heavy atom. The molecule has 0 bridgehead atoms. The van der Waals surface area contributed by atoms with Gasteiger partial charge in [0, 0.05) is 24.3 Å². The number of nitrogens with zero attached hydrogens (tertiary/aromatic N) is 2. The normalized spacial score (nSPS) is 19.4. The van der Waals surface area contributed by atoms with Crippen LogP contribution >= 0.6 is 0 Å². The number of hydrogen-bond acceptors (Lipinski definition) is 4. The van der Waals surface area contributed by atoms with Gasteiger partial charge in [-0.3, -0.25) is 19.1 Å². The molecular formula is C29H36F3N5O3. The first kappa shape index (κ1) is 28.2. The van der Waals surface area contributed by atoms with E-state index in [1.807, 2.05) is 31.3 Å². The second-order valence-corrected chi connectivity index (χ2v) is 11.7. The lowest BCUT2D eigenvalue weighted by Crippen LogP contribution is -2.50. The van der Waals surface area contributed by atoms with E-state index in [1.54, 1.807) is 23.0 Å². The molecule has 0 saturated heterocycles. The Morgan fingerprint density at radius 3 is 2.38 bits per heavy atom. The molecule has 5 rings (SSSR count). The molecule has 1 heterocycles. The van der Waals surface area contributed by atoms with Crippen LogP contribution < -0.4 is 16.0 Å². The lowest BCUT2D eigenvalue weighted by atomic mass is 9.88. The number of benzene rings is 1. The smallest absolute Gasteiger partial charge is 0.347 e. The van der Waals surface area contributed by atoms with Gasteiger partial charge in [0.15, 0.2) is 0 Å². The van der Waals surface area contributed by atoms with Crippen molar-refractivity contribution < 1.29 is 27.6 Å². The fourth-order valence-electron chi connectivity index (χ4n) is 6.06. The number of carbonyl (C=O) groups is 3. The Hall–Kier alpha value is -3.37. The van der Waals surface area contributed by atoms with Crippen molar-refractivity contribution in [3.63, 3.8) is 0 Å². The van der Waals surface area contributed by atoms with Gasteiger partial charge >= 0.3 is 6.18 Å². The summed E-state index contributed by atoms with van der Waals surface area (Å²) >= 11 is 0. The third-order valence-electron chi connectivity index (χ3n) is 8.21. The average molecular weight is 560 g/mol. The fraction of sp³-hybridized carbons (Fsp3) is 0.586. The highest BCUT2D eigenvalue weighted by Crippen LogP contribution is 2.51. The third-order valence-corrected chi connectivity index (χ3v) is 8.21. The third kappa shape index (κ3) is 6.67. The van der Waals surface area contributed by atoms with Crippen molar-refractivity contribution in [2.45, 2.75) is 83.0 Å². The van der Waals surface area contributed by atoms with E-state index in [2.05, 4.69) is 15.7 Å². The summed E-state index contributed by atoms with van der Waals surface area (Å²) in [5, 5.41) is 12.3. The lowest BCUT2D eigenvalue weighted by Gasteiger charge is -2.28. The summed E-state index contributed by atoms with van der Waals surface area (Å²) in [4.78, 5) is 39.1. The van der Waals surface area contributed by atoms with E-state index in [9.17, 15) is 27.6 Å². The summed E-state index contributed by atoms with van der Waals surface area (Å²) in [5.41, 5.74) is 2.90. The molecule has 216 valence electrons. The largest absolute Gasteiger partial charge is 0.405 e. The monoisotopic (exact) mass is 559 g/mol. The van der Waals surface area contributed by atoms with Crippen LogP contribution in [0.5, 0.6) is 0 Å². The number of nitrogens with one attached hydrogen (secondary N) is 3. The molecule has 0 radical (unpaired) electrons. The van der Waals surface area contributed by atoms with Gasteiger partial charge in [-0.15, -0.1) is 0 Å². The second kappa shape index (κ2) is 11.2. The van der Waals surface area contributed by atoms with E-state index >= 15 is 0 Å². The molecule has 2 atom stereocenters. The van der Waals surface area contributed by atoms with Crippen LogP contribution in [0, 0.1) is 17.8 Å². The Morgan fingerprint density at radius 1 is 1.05 bits per heavy atom. The van der Waals surface area contributed by atoms with Crippen LogP contribution in [-0.4, -0.2) is 46.3 Å². The van der Waals surface area contributed by atoms with Crippen molar-refractivity contribution in [3.05, 3.63) is 47.3 Å². The highest BCUT2D eigenvalue weighted by atomic mass is 19.4. The predicted molar refractivity (Wildman–Crippen MR) is 143 cm³/mol. The Kier molecular flexibility index (Phi) is 7.92. The van der Waals surface area contributed by atoms with Crippen LogP contribution in [0.3, 0.4) is 0 Å². The van der Waals surface area contributed by atoms with Gasteiger partial charge in [-0.2, -0.15) is 18.3 Å². The molecule has 3 amide bonds. The molecule has 3 N–H and O–H groups in total. The van der Waals surface area contributed by atoms with Gasteiger partial charge in [0.05, 0.1) is 0 Å². The zero-order valence-electron chi connectivity index (χ0n) is 22.8. The van der Waals surface area contributed by atoms with Crippen LogP contribution in [0.25, 0.3) is 0 Å². The molecule has 1 aromatic heterocycles. The standard InChI is InChI=1S/C29H36F3N5O3/c1-16(2)37-23(11-12-34-37)27(39)36-26(25(17-3-4-17)18-5-6-18)28(40)35-21-9-10-22-19(13-21)7-8-20(22)14-24(38)33-15-29(30,31)32/h9-13,16-18,20,25-26H,3-8,14-15H2,1-2H3,(H,33,38)(H,35,40)(H,36,39)/t20?,26-/m0/s1. The maximum Gasteiger partial charge on any atom is 0.405 e. The molecule has 3 aliphatic rings.